The summed E-state index contributed by atoms with van der Waals surface area (Å²) in [4.78, 5) is 29.7. The summed E-state index contributed by atoms with van der Waals surface area (Å²) in [7, 11) is 0. The fourth-order valence-electron chi connectivity index (χ4n) is 2.17. The number of unbranched alkanes of at least 4 members (excludes halogenated alkanes) is 3. The number of carbonyl (C=O) groups excluding carboxylic acids is 1. The highest BCUT2D eigenvalue weighted by molar-refractivity contribution is 5.74. The highest BCUT2D eigenvalue weighted by atomic mass is 16.5. The van der Waals surface area contributed by atoms with Gasteiger partial charge in [0.05, 0.1) is 12.4 Å². The minimum atomic E-state index is -0.342. The zero-order valence-corrected chi connectivity index (χ0v) is 12.8. The van der Waals surface area contributed by atoms with Crippen molar-refractivity contribution in [3.05, 3.63) is 37.2 Å². The van der Waals surface area contributed by atoms with Crippen molar-refractivity contribution in [2.75, 3.05) is 11.4 Å². The summed E-state index contributed by atoms with van der Waals surface area (Å²) in [6.07, 6.45) is 13.8. The quantitative estimate of drug-likeness (QED) is 0.413. The smallest absolute Gasteiger partial charge is 0.243 e. The molecule has 0 atom stereocenters. The molecule has 2 N–H and O–H groups in total. The van der Waals surface area contributed by atoms with Gasteiger partial charge in [-0.2, -0.15) is 0 Å². The second kappa shape index (κ2) is 9.42. The van der Waals surface area contributed by atoms with E-state index in [0.29, 0.717) is 6.42 Å². The summed E-state index contributed by atoms with van der Waals surface area (Å²) in [5, 5.41) is 8.43. The van der Waals surface area contributed by atoms with Gasteiger partial charge in [-0.3, -0.25) is 20.0 Å². The maximum absolute atomic E-state index is 10.9. The average Bonchev–Trinajstić information content (AvgIpc) is 2.62. The first-order chi connectivity index (χ1) is 11.3. The lowest BCUT2D eigenvalue weighted by atomic mass is 10.1. The molecule has 0 aliphatic carbocycles. The van der Waals surface area contributed by atoms with Gasteiger partial charge in [0, 0.05) is 37.8 Å². The van der Waals surface area contributed by atoms with E-state index in [4.69, 9.17) is 5.21 Å². The Balaban J connectivity index is 1.86. The zero-order valence-electron chi connectivity index (χ0n) is 12.8. The van der Waals surface area contributed by atoms with Gasteiger partial charge in [0.25, 0.3) is 0 Å². The summed E-state index contributed by atoms with van der Waals surface area (Å²) < 4.78 is 0. The predicted molar refractivity (Wildman–Crippen MR) is 84.1 cm³/mol. The molecule has 0 radical (unpaired) electrons. The van der Waals surface area contributed by atoms with E-state index in [-0.39, 0.29) is 5.91 Å². The lowest BCUT2D eigenvalue weighted by Gasteiger charge is -2.21. The fourth-order valence-corrected chi connectivity index (χ4v) is 2.17. The Labute approximate surface area is 134 Å². The molecule has 23 heavy (non-hydrogen) atoms. The van der Waals surface area contributed by atoms with Gasteiger partial charge in [-0.25, -0.2) is 15.4 Å². The van der Waals surface area contributed by atoms with Crippen LogP contribution in [0.1, 0.15) is 32.1 Å². The Hall–Kier alpha value is -2.61. The first-order valence-electron chi connectivity index (χ1n) is 7.54. The van der Waals surface area contributed by atoms with E-state index < -0.39 is 0 Å². The van der Waals surface area contributed by atoms with E-state index >= 15 is 0 Å². The molecule has 0 bridgehead atoms. The third-order valence-electron chi connectivity index (χ3n) is 3.31. The van der Waals surface area contributed by atoms with Crippen LogP contribution in [-0.4, -0.2) is 37.6 Å². The van der Waals surface area contributed by atoms with Crippen LogP contribution in [0.15, 0.2) is 37.2 Å². The highest BCUT2D eigenvalue weighted by Gasteiger charge is 2.11. The molecule has 2 aromatic heterocycles. The van der Waals surface area contributed by atoms with E-state index in [1.54, 1.807) is 42.7 Å². The topological polar surface area (TPSA) is 104 Å². The van der Waals surface area contributed by atoms with E-state index in [2.05, 4.69) is 19.9 Å². The normalized spacial score (nSPS) is 10.3. The van der Waals surface area contributed by atoms with Gasteiger partial charge in [0.1, 0.15) is 0 Å². The van der Waals surface area contributed by atoms with E-state index in [1.165, 1.54) is 0 Å². The predicted octanol–water partition coefficient (Wildman–Crippen LogP) is 1.86. The summed E-state index contributed by atoms with van der Waals surface area (Å²) in [6.45, 7) is 0.740. The monoisotopic (exact) mass is 316 g/mol. The summed E-state index contributed by atoms with van der Waals surface area (Å²) in [6, 6.07) is 0. The van der Waals surface area contributed by atoms with Gasteiger partial charge in [0.2, 0.25) is 5.91 Å². The Kier molecular flexibility index (Phi) is 6.86. The molecular weight excluding hydrogens is 296 g/mol. The molecule has 2 rings (SSSR count). The molecule has 1 amide bonds. The number of anilines is 2. The molecule has 8 nitrogen and oxygen atoms in total. The summed E-state index contributed by atoms with van der Waals surface area (Å²) >= 11 is 0. The van der Waals surface area contributed by atoms with Gasteiger partial charge < -0.3 is 4.90 Å². The second-order valence-corrected chi connectivity index (χ2v) is 4.98. The molecule has 0 saturated carbocycles. The van der Waals surface area contributed by atoms with Crippen molar-refractivity contribution in [1.82, 2.24) is 25.4 Å². The number of hydrogen-bond donors (Lipinski definition) is 2. The Morgan fingerprint density at radius 3 is 2.09 bits per heavy atom. The molecule has 0 aliphatic rings. The van der Waals surface area contributed by atoms with Gasteiger partial charge in [-0.05, 0) is 12.8 Å². The number of rotatable bonds is 9. The number of hydroxylamine groups is 1. The van der Waals surface area contributed by atoms with Gasteiger partial charge in [-0.1, -0.05) is 12.8 Å². The minimum Gasteiger partial charge on any atom is -0.308 e. The summed E-state index contributed by atoms with van der Waals surface area (Å²) in [5.74, 6) is 1.12. The van der Waals surface area contributed by atoms with Crippen molar-refractivity contribution in [2.45, 2.75) is 32.1 Å². The number of amides is 1. The standard InChI is InChI=1S/C15H20N6O2/c22-15(20-23)5-3-1-2-4-10-21(13-11-16-6-8-18-13)14-12-17-7-9-19-14/h6-9,11-12,23H,1-5,10H2,(H,20,22). The number of nitrogens with one attached hydrogen (secondary N) is 1. The molecule has 0 aromatic carbocycles. The first kappa shape index (κ1) is 16.8. The number of nitrogens with zero attached hydrogens (tertiary/aromatic N) is 5. The third kappa shape index (κ3) is 5.59. The van der Waals surface area contributed by atoms with E-state index in [9.17, 15) is 4.79 Å². The molecule has 122 valence electrons. The van der Waals surface area contributed by atoms with Crippen molar-refractivity contribution in [1.29, 1.82) is 0 Å². The third-order valence-corrected chi connectivity index (χ3v) is 3.31. The minimum absolute atomic E-state index is 0.342. The molecule has 2 heterocycles. The van der Waals surface area contributed by atoms with E-state index in [1.807, 2.05) is 4.90 Å². The molecular formula is C15H20N6O2. The van der Waals surface area contributed by atoms with Crippen LogP contribution in [0.4, 0.5) is 11.6 Å². The maximum atomic E-state index is 10.9. The highest BCUT2D eigenvalue weighted by Crippen LogP contribution is 2.20. The molecule has 0 spiro atoms. The first-order valence-corrected chi connectivity index (χ1v) is 7.54. The van der Waals surface area contributed by atoms with Crippen LogP contribution in [0.3, 0.4) is 0 Å². The largest absolute Gasteiger partial charge is 0.308 e. The van der Waals surface area contributed by atoms with E-state index in [0.717, 1.165) is 43.9 Å². The zero-order chi connectivity index (χ0) is 16.3. The SMILES string of the molecule is O=C(CCCCCCN(c1cnccn1)c1cnccn1)NO. The van der Waals surface area contributed by atoms with Crippen LogP contribution in [0.25, 0.3) is 0 Å². The van der Waals surface area contributed by atoms with Crippen LogP contribution in [0, 0.1) is 0 Å². The van der Waals surface area contributed by atoms with Crippen LogP contribution in [0.2, 0.25) is 0 Å². The molecule has 0 aliphatic heterocycles. The van der Waals surface area contributed by atoms with Crippen molar-refractivity contribution in [2.24, 2.45) is 0 Å². The second-order valence-electron chi connectivity index (χ2n) is 4.98. The lowest BCUT2D eigenvalue weighted by molar-refractivity contribution is -0.129. The Bertz CT molecular complexity index is 542. The van der Waals surface area contributed by atoms with Crippen molar-refractivity contribution in [3.8, 4) is 0 Å². The van der Waals surface area contributed by atoms with Crippen LogP contribution < -0.4 is 10.4 Å². The molecule has 0 unspecified atom stereocenters. The van der Waals surface area contributed by atoms with Crippen LogP contribution in [-0.2, 0) is 4.79 Å². The summed E-state index contributed by atoms with van der Waals surface area (Å²) in [5.41, 5.74) is 1.64. The molecule has 8 heteroatoms. The van der Waals surface area contributed by atoms with Gasteiger partial charge in [-0.15, -0.1) is 0 Å². The van der Waals surface area contributed by atoms with Gasteiger partial charge in [0.15, 0.2) is 11.6 Å². The van der Waals surface area contributed by atoms with Gasteiger partial charge >= 0.3 is 0 Å². The van der Waals surface area contributed by atoms with Crippen LogP contribution in [0.5, 0.6) is 0 Å². The van der Waals surface area contributed by atoms with Crippen molar-refractivity contribution < 1.29 is 10.0 Å². The van der Waals surface area contributed by atoms with Crippen molar-refractivity contribution >= 4 is 17.5 Å². The van der Waals surface area contributed by atoms with Crippen LogP contribution >= 0.6 is 0 Å². The molecule has 0 fully saturated rings. The molecule has 2 aromatic rings. The maximum Gasteiger partial charge on any atom is 0.243 e. The number of aromatic nitrogens is 4. The number of carbonyl (C=O) groups is 1. The molecule has 0 saturated heterocycles. The fraction of sp³-hybridized carbons (Fsp3) is 0.400. The Morgan fingerprint density at radius 1 is 0.957 bits per heavy atom. The lowest BCUT2D eigenvalue weighted by Crippen LogP contribution is -2.21. The number of hydrogen-bond acceptors (Lipinski definition) is 7. The average molecular weight is 316 g/mol. The van der Waals surface area contributed by atoms with Crippen molar-refractivity contribution in [3.63, 3.8) is 0 Å². The Morgan fingerprint density at radius 2 is 1.57 bits per heavy atom.